The first-order chi connectivity index (χ1) is 14.0. The predicted octanol–water partition coefficient (Wildman–Crippen LogP) is 2.29. The molecule has 2 rings (SSSR count). The first kappa shape index (κ1) is 21.9. The number of rotatable bonds is 10. The monoisotopic (exact) mass is 397 g/mol. The van der Waals surface area contributed by atoms with E-state index in [4.69, 9.17) is 10.5 Å². The lowest BCUT2D eigenvalue weighted by molar-refractivity contribution is -0.128. The van der Waals surface area contributed by atoms with Gasteiger partial charge in [-0.05, 0) is 17.5 Å². The van der Waals surface area contributed by atoms with Gasteiger partial charge in [-0.15, -0.1) is 0 Å². The van der Waals surface area contributed by atoms with Crippen LogP contribution in [-0.2, 0) is 27.4 Å². The van der Waals surface area contributed by atoms with Gasteiger partial charge in [-0.25, -0.2) is 4.79 Å². The summed E-state index contributed by atoms with van der Waals surface area (Å²) in [5, 5.41) is 5.22. The van der Waals surface area contributed by atoms with Crippen molar-refractivity contribution in [2.24, 2.45) is 5.73 Å². The first-order valence-corrected chi connectivity index (χ1v) is 9.60. The molecule has 0 unspecified atom stereocenters. The zero-order chi connectivity index (χ0) is 21.1. The van der Waals surface area contributed by atoms with E-state index in [-0.39, 0.29) is 13.0 Å². The van der Waals surface area contributed by atoms with Crippen molar-refractivity contribution >= 4 is 17.9 Å². The molecule has 0 aromatic heterocycles. The van der Waals surface area contributed by atoms with Crippen molar-refractivity contribution in [2.75, 3.05) is 0 Å². The fraction of sp³-hybridized carbons (Fsp3) is 0.318. The summed E-state index contributed by atoms with van der Waals surface area (Å²) >= 11 is 0. The van der Waals surface area contributed by atoms with Crippen LogP contribution in [0, 0.1) is 0 Å². The van der Waals surface area contributed by atoms with Crippen molar-refractivity contribution in [3.05, 3.63) is 71.8 Å². The van der Waals surface area contributed by atoms with Crippen LogP contribution < -0.4 is 16.4 Å². The number of benzene rings is 2. The standard InChI is InChI=1S/C22H27N3O4/c1-2-9-18(25-22(28)29-15-17-12-7-4-8-13-17)21(27)24-19(20(23)26)14-16-10-5-3-6-11-16/h3-8,10-13,18-19H,2,9,14-15H2,1H3,(H2,23,26)(H,24,27)(H,25,28)/t18-,19-/m1/s1. The van der Waals surface area contributed by atoms with Crippen molar-refractivity contribution < 1.29 is 19.1 Å². The molecule has 0 saturated heterocycles. The highest BCUT2D eigenvalue weighted by atomic mass is 16.5. The second-order valence-corrected chi connectivity index (χ2v) is 6.70. The number of ether oxygens (including phenoxy) is 1. The van der Waals surface area contributed by atoms with Gasteiger partial charge >= 0.3 is 6.09 Å². The smallest absolute Gasteiger partial charge is 0.408 e. The lowest BCUT2D eigenvalue weighted by atomic mass is 10.0. The number of nitrogens with two attached hydrogens (primary N) is 1. The van der Waals surface area contributed by atoms with Gasteiger partial charge in [-0.2, -0.15) is 0 Å². The number of carbonyl (C=O) groups is 3. The Morgan fingerprint density at radius 1 is 0.897 bits per heavy atom. The molecule has 2 aromatic carbocycles. The summed E-state index contributed by atoms with van der Waals surface area (Å²) in [4.78, 5) is 36.6. The van der Waals surface area contributed by atoms with E-state index in [0.717, 1.165) is 11.1 Å². The van der Waals surface area contributed by atoms with Gasteiger partial charge in [-0.3, -0.25) is 9.59 Å². The highest BCUT2D eigenvalue weighted by Gasteiger charge is 2.25. The van der Waals surface area contributed by atoms with E-state index in [2.05, 4.69) is 10.6 Å². The van der Waals surface area contributed by atoms with E-state index in [0.29, 0.717) is 12.8 Å². The molecule has 4 N–H and O–H groups in total. The van der Waals surface area contributed by atoms with Gasteiger partial charge in [0, 0.05) is 6.42 Å². The van der Waals surface area contributed by atoms with Crippen LogP contribution >= 0.6 is 0 Å². The summed E-state index contributed by atoms with van der Waals surface area (Å²) in [5.74, 6) is -1.10. The summed E-state index contributed by atoms with van der Waals surface area (Å²) in [5.41, 5.74) is 7.17. The number of hydrogen-bond acceptors (Lipinski definition) is 4. The van der Waals surface area contributed by atoms with Crippen molar-refractivity contribution in [1.82, 2.24) is 10.6 Å². The van der Waals surface area contributed by atoms with Gasteiger partial charge in [-0.1, -0.05) is 74.0 Å². The van der Waals surface area contributed by atoms with Crippen LogP contribution in [0.3, 0.4) is 0 Å². The van der Waals surface area contributed by atoms with Gasteiger partial charge in [0.25, 0.3) is 0 Å². The van der Waals surface area contributed by atoms with Gasteiger partial charge in [0.1, 0.15) is 18.7 Å². The Balaban J connectivity index is 1.93. The molecular formula is C22H27N3O4. The Hall–Kier alpha value is -3.35. The van der Waals surface area contributed by atoms with Gasteiger partial charge < -0.3 is 21.1 Å². The minimum absolute atomic E-state index is 0.102. The lowest BCUT2D eigenvalue weighted by Gasteiger charge is -2.21. The van der Waals surface area contributed by atoms with Crippen LogP contribution in [0.15, 0.2) is 60.7 Å². The van der Waals surface area contributed by atoms with E-state index in [1.54, 1.807) is 0 Å². The van der Waals surface area contributed by atoms with Crippen LogP contribution in [0.2, 0.25) is 0 Å². The largest absolute Gasteiger partial charge is 0.445 e. The molecule has 0 bridgehead atoms. The molecule has 3 amide bonds. The van der Waals surface area contributed by atoms with Crippen molar-refractivity contribution in [3.8, 4) is 0 Å². The van der Waals surface area contributed by atoms with E-state index >= 15 is 0 Å². The molecule has 0 saturated carbocycles. The fourth-order valence-corrected chi connectivity index (χ4v) is 2.81. The highest BCUT2D eigenvalue weighted by Crippen LogP contribution is 2.06. The van der Waals surface area contributed by atoms with Gasteiger partial charge in [0.2, 0.25) is 11.8 Å². The molecule has 0 aliphatic rings. The minimum atomic E-state index is -0.869. The third kappa shape index (κ3) is 7.65. The lowest BCUT2D eigenvalue weighted by Crippen LogP contribution is -2.53. The molecule has 0 aliphatic heterocycles. The predicted molar refractivity (Wildman–Crippen MR) is 110 cm³/mol. The van der Waals surface area contributed by atoms with Crippen molar-refractivity contribution in [2.45, 2.75) is 44.9 Å². The maximum absolute atomic E-state index is 12.7. The molecule has 0 spiro atoms. The number of alkyl carbamates (subject to hydrolysis) is 1. The maximum atomic E-state index is 12.7. The number of carbonyl (C=O) groups excluding carboxylic acids is 3. The highest BCUT2D eigenvalue weighted by molar-refractivity contribution is 5.90. The van der Waals surface area contributed by atoms with Crippen molar-refractivity contribution in [1.29, 1.82) is 0 Å². The second kappa shape index (κ2) is 11.5. The molecule has 0 heterocycles. The molecule has 0 aliphatic carbocycles. The summed E-state index contributed by atoms with van der Waals surface area (Å²) in [6.45, 7) is 2.00. The average Bonchev–Trinajstić information content (AvgIpc) is 2.73. The fourth-order valence-electron chi connectivity index (χ4n) is 2.81. The number of primary amides is 1. The Bertz CT molecular complexity index is 796. The molecule has 7 nitrogen and oxygen atoms in total. The van der Waals surface area contributed by atoms with Gasteiger partial charge in [0.05, 0.1) is 0 Å². The van der Waals surface area contributed by atoms with Gasteiger partial charge in [0.15, 0.2) is 0 Å². The SMILES string of the molecule is CCC[C@@H](NC(=O)OCc1ccccc1)C(=O)N[C@H](Cc1ccccc1)C(N)=O. The third-order valence-electron chi connectivity index (χ3n) is 4.34. The van der Waals surface area contributed by atoms with Crippen LogP contribution in [0.25, 0.3) is 0 Å². The van der Waals surface area contributed by atoms with E-state index in [1.807, 2.05) is 67.6 Å². The summed E-state index contributed by atoms with van der Waals surface area (Å²) in [7, 11) is 0. The van der Waals surface area contributed by atoms with E-state index < -0.39 is 30.0 Å². The first-order valence-electron chi connectivity index (χ1n) is 9.60. The molecule has 0 radical (unpaired) electrons. The number of amides is 3. The summed E-state index contributed by atoms with van der Waals surface area (Å²) < 4.78 is 5.18. The Labute approximate surface area is 170 Å². The van der Waals surface area contributed by atoms with E-state index in [9.17, 15) is 14.4 Å². The van der Waals surface area contributed by atoms with Crippen LogP contribution in [0.4, 0.5) is 4.79 Å². The Morgan fingerprint density at radius 3 is 2.03 bits per heavy atom. The average molecular weight is 397 g/mol. The zero-order valence-electron chi connectivity index (χ0n) is 16.5. The van der Waals surface area contributed by atoms with Crippen molar-refractivity contribution in [3.63, 3.8) is 0 Å². The third-order valence-corrected chi connectivity index (χ3v) is 4.34. The molecule has 7 heteroatoms. The number of nitrogens with one attached hydrogen (secondary N) is 2. The molecule has 2 atom stereocenters. The van der Waals surface area contributed by atoms with Crippen LogP contribution in [-0.4, -0.2) is 30.0 Å². The second-order valence-electron chi connectivity index (χ2n) is 6.70. The Kier molecular flexibility index (Phi) is 8.69. The van der Waals surface area contributed by atoms with Crippen LogP contribution in [0.5, 0.6) is 0 Å². The molecule has 0 fully saturated rings. The molecule has 29 heavy (non-hydrogen) atoms. The summed E-state index contributed by atoms with van der Waals surface area (Å²) in [6, 6.07) is 16.8. The zero-order valence-corrected chi connectivity index (χ0v) is 16.5. The minimum Gasteiger partial charge on any atom is -0.445 e. The molecule has 2 aromatic rings. The Morgan fingerprint density at radius 2 is 1.48 bits per heavy atom. The summed E-state index contributed by atoms with van der Waals surface area (Å²) in [6.07, 6.45) is 0.653. The normalized spacial score (nSPS) is 12.4. The number of hydrogen-bond donors (Lipinski definition) is 3. The quantitative estimate of drug-likeness (QED) is 0.571. The molecule has 154 valence electrons. The van der Waals surface area contributed by atoms with Crippen LogP contribution in [0.1, 0.15) is 30.9 Å². The maximum Gasteiger partial charge on any atom is 0.408 e. The van der Waals surface area contributed by atoms with E-state index in [1.165, 1.54) is 0 Å². The topological polar surface area (TPSA) is 111 Å². The molecular weight excluding hydrogens is 370 g/mol.